The monoisotopic (exact) mass is 209 g/mol. The highest BCUT2D eigenvalue weighted by atomic mass is 19.1. The van der Waals surface area contributed by atoms with Crippen molar-refractivity contribution in [1.82, 2.24) is 0 Å². The van der Waals surface area contributed by atoms with Crippen LogP contribution in [-0.2, 0) is 9.59 Å². The van der Waals surface area contributed by atoms with Crippen molar-refractivity contribution < 1.29 is 14.0 Å². The first kappa shape index (κ1) is 11.4. The lowest BCUT2D eigenvalue weighted by molar-refractivity contribution is -0.131. The molecule has 0 spiro atoms. The van der Waals surface area contributed by atoms with Gasteiger partial charge in [-0.05, 0) is 26.0 Å². The second kappa shape index (κ2) is 4.68. The molecular formula is C11H12FNO2. The van der Waals surface area contributed by atoms with Crippen LogP contribution in [0.1, 0.15) is 12.5 Å². The van der Waals surface area contributed by atoms with Gasteiger partial charge in [0.25, 0.3) is 5.91 Å². The topological polar surface area (TPSA) is 46.2 Å². The molecule has 1 aromatic carbocycles. The summed E-state index contributed by atoms with van der Waals surface area (Å²) in [5.41, 5.74) is 1.52. The third-order valence-electron chi connectivity index (χ3n) is 1.91. The molecule has 0 saturated heterocycles. The van der Waals surface area contributed by atoms with Crippen LogP contribution >= 0.6 is 0 Å². The number of hydrogen-bond acceptors (Lipinski definition) is 2. The Morgan fingerprint density at radius 1 is 1.27 bits per heavy atom. The molecule has 1 unspecified atom stereocenters. The number of hydrogen-bond donors (Lipinski definition) is 1. The summed E-state index contributed by atoms with van der Waals surface area (Å²) in [7, 11) is 0. The highest BCUT2D eigenvalue weighted by Crippen LogP contribution is 2.09. The Bertz CT molecular complexity index is 373. The maximum Gasteiger partial charge on any atom is 0.266 e. The van der Waals surface area contributed by atoms with Crippen LogP contribution in [0.3, 0.4) is 0 Å². The number of carbonyl (C=O) groups excluding carboxylic acids is 2. The first-order valence-electron chi connectivity index (χ1n) is 4.53. The van der Waals surface area contributed by atoms with Crippen molar-refractivity contribution >= 4 is 17.4 Å². The molecule has 3 nitrogen and oxygen atoms in total. The largest absolute Gasteiger partial charge is 0.323 e. The molecule has 1 rings (SSSR count). The SMILES string of the molecule is CC(=O)C(F)C(=O)Nc1ccc(C)cc1. The van der Waals surface area contributed by atoms with Gasteiger partial charge in [0.05, 0.1) is 0 Å². The van der Waals surface area contributed by atoms with Crippen LogP contribution in [0.25, 0.3) is 0 Å². The van der Waals surface area contributed by atoms with Crippen molar-refractivity contribution in [2.75, 3.05) is 5.32 Å². The van der Waals surface area contributed by atoms with E-state index in [1.54, 1.807) is 24.3 Å². The van der Waals surface area contributed by atoms with E-state index < -0.39 is 17.9 Å². The van der Waals surface area contributed by atoms with Gasteiger partial charge in [0.15, 0.2) is 5.78 Å². The predicted molar refractivity (Wildman–Crippen MR) is 55.4 cm³/mol. The lowest BCUT2D eigenvalue weighted by Gasteiger charge is -2.06. The van der Waals surface area contributed by atoms with Crippen LogP contribution in [0.5, 0.6) is 0 Å². The molecule has 1 N–H and O–H groups in total. The number of aryl methyl sites for hydroxylation is 1. The Balaban J connectivity index is 2.66. The summed E-state index contributed by atoms with van der Waals surface area (Å²) < 4.78 is 12.9. The summed E-state index contributed by atoms with van der Waals surface area (Å²) >= 11 is 0. The van der Waals surface area contributed by atoms with Gasteiger partial charge in [-0.25, -0.2) is 4.39 Å². The minimum atomic E-state index is -2.09. The number of halogens is 1. The predicted octanol–water partition coefficient (Wildman–Crippen LogP) is 1.86. The van der Waals surface area contributed by atoms with Gasteiger partial charge in [-0.1, -0.05) is 17.7 Å². The smallest absolute Gasteiger partial charge is 0.266 e. The van der Waals surface area contributed by atoms with Gasteiger partial charge in [0.2, 0.25) is 6.17 Å². The van der Waals surface area contributed by atoms with Crippen LogP contribution in [0.15, 0.2) is 24.3 Å². The number of nitrogens with one attached hydrogen (secondary N) is 1. The van der Waals surface area contributed by atoms with Gasteiger partial charge in [-0.2, -0.15) is 0 Å². The number of alkyl halides is 1. The van der Waals surface area contributed by atoms with Gasteiger partial charge in [-0.3, -0.25) is 9.59 Å². The van der Waals surface area contributed by atoms with Gasteiger partial charge >= 0.3 is 0 Å². The number of benzene rings is 1. The van der Waals surface area contributed by atoms with E-state index in [9.17, 15) is 14.0 Å². The van der Waals surface area contributed by atoms with Gasteiger partial charge in [-0.15, -0.1) is 0 Å². The summed E-state index contributed by atoms with van der Waals surface area (Å²) in [6, 6.07) is 6.88. The maximum absolute atomic E-state index is 12.9. The zero-order chi connectivity index (χ0) is 11.4. The molecule has 1 atom stereocenters. The van der Waals surface area contributed by atoms with E-state index in [4.69, 9.17) is 0 Å². The van der Waals surface area contributed by atoms with Crippen molar-refractivity contribution in [3.63, 3.8) is 0 Å². The molecule has 15 heavy (non-hydrogen) atoms. The first-order valence-corrected chi connectivity index (χ1v) is 4.53. The van der Waals surface area contributed by atoms with Gasteiger partial charge < -0.3 is 5.32 Å². The van der Waals surface area contributed by atoms with Crippen LogP contribution in [-0.4, -0.2) is 17.9 Å². The van der Waals surface area contributed by atoms with E-state index >= 15 is 0 Å². The minimum Gasteiger partial charge on any atom is -0.323 e. The number of carbonyl (C=O) groups is 2. The standard InChI is InChI=1S/C11H12FNO2/c1-7-3-5-9(6-4-7)13-11(15)10(12)8(2)14/h3-6,10H,1-2H3,(H,13,15). The molecule has 0 saturated carbocycles. The zero-order valence-electron chi connectivity index (χ0n) is 8.58. The summed E-state index contributed by atoms with van der Waals surface area (Å²) in [5, 5.41) is 2.32. The second-order valence-electron chi connectivity index (χ2n) is 3.33. The quantitative estimate of drug-likeness (QED) is 0.772. The molecule has 0 heterocycles. The fraction of sp³-hybridized carbons (Fsp3) is 0.273. The van der Waals surface area contributed by atoms with E-state index in [1.807, 2.05) is 6.92 Å². The molecule has 0 fully saturated rings. The van der Waals surface area contributed by atoms with Crippen LogP contribution in [0.4, 0.5) is 10.1 Å². The van der Waals surface area contributed by atoms with Crippen molar-refractivity contribution in [1.29, 1.82) is 0 Å². The van der Waals surface area contributed by atoms with Crippen LogP contribution in [0, 0.1) is 6.92 Å². The highest BCUT2D eigenvalue weighted by Gasteiger charge is 2.21. The second-order valence-corrected chi connectivity index (χ2v) is 3.33. The van der Waals surface area contributed by atoms with Crippen molar-refractivity contribution in [3.8, 4) is 0 Å². The lowest BCUT2D eigenvalue weighted by atomic mass is 10.2. The number of ketones is 1. The minimum absolute atomic E-state index is 0.481. The number of anilines is 1. The third kappa shape index (κ3) is 3.16. The molecular weight excluding hydrogens is 197 g/mol. The summed E-state index contributed by atoms with van der Waals surface area (Å²) in [6.07, 6.45) is -2.09. The van der Waals surface area contributed by atoms with E-state index in [0.29, 0.717) is 5.69 Å². The average Bonchev–Trinajstić information content (AvgIpc) is 2.20. The molecule has 4 heteroatoms. The molecule has 0 bridgehead atoms. The molecule has 1 aromatic rings. The Morgan fingerprint density at radius 2 is 1.80 bits per heavy atom. The van der Waals surface area contributed by atoms with Crippen LogP contribution in [0.2, 0.25) is 0 Å². The number of amides is 1. The van der Waals surface area contributed by atoms with E-state index in [0.717, 1.165) is 12.5 Å². The molecule has 0 aliphatic rings. The fourth-order valence-corrected chi connectivity index (χ4v) is 1.03. The average molecular weight is 209 g/mol. The molecule has 0 radical (unpaired) electrons. The van der Waals surface area contributed by atoms with Crippen molar-refractivity contribution in [2.24, 2.45) is 0 Å². The Hall–Kier alpha value is -1.71. The summed E-state index contributed by atoms with van der Waals surface area (Å²) in [4.78, 5) is 21.7. The highest BCUT2D eigenvalue weighted by molar-refractivity contribution is 6.08. The van der Waals surface area contributed by atoms with Gasteiger partial charge in [0, 0.05) is 5.69 Å². The zero-order valence-corrected chi connectivity index (χ0v) is 8.58. The molecule has 80 valence electrons. The first-order chi connectivity index (χ1) is 7.00. The van der Waals surface area contributed by atoms with Crippen LogP contribution < -0.4 is 5.32 Å². The van der Waals surface area contributed by atoms with E-state index in [-0.39, 0.29) is 0 Å². The Morgan fingerprint density at radius 3 is 2.27 bits per heavy atom. The molecule has 1 amide bonds. The summed E-state index contributed by atoms with van der Waals surface area (Å²) in [6.45, 7) is 2.94. The Kier molecular flexibility index (Phi) is 3.55. The normalized spacial score (nSPS) is 11.9. The summed E-state index contributed by atoms with van der Waals surface area (Å²) in [5.74, 6) is -1.72. The van der Waals surface area contributed by atoms with E-state index in [1.165, 1.54) is 0 Å². The van der Waals surface area contributed by atoms with Crippen molar-refractivity contribution in [3.05, 3.63) is 29.8 Å². The molecule has 0 aliphatic carbocycles. The number of rotatable bonds is 3. The molecule has 0 aromatic heterocycles. The Labute approximate surface area is 87.3 Å². The fourth-order valence-electron chi connectivity index (χ4n) is 1.03. The number of Topliss-reactive ketones (excluding diaryl/α,β-unsaturated/α-hetero) is 1. The molecule has 0 aliphatic heterocycles. The van der Waals surface area contributed by atoms with Gasteiger partial charge in [0.1, 0.15) is 0 Å². The third-order valence-corrected chi connectivity index (χ3v) is 1.91. The van der Waals surface area contributed by atoms with E-state index in [2.05, 4.69) is 5.32 Å². The lowest BCUT2D eigenvalue weighted by Crippen LogP contribution is -2.29. The van der Waals surface area contributed by atoms with Crippen molar-refractivity contribution in [2.45, 2.75) is 20.0 Å². The maximum atomic E-state index is 12.9.